The van der Waals surface area contributed by atoms with Crippen LogP contribution in [0.4, 0.5) is 5.69 Å². The molecule has 150 valence electrons. The summed E-state index contributed by atoms with van der Waals surface area (Å²) >= 11 is 5.94. The molecular formula is C23H17ClN2O4. The predicted molar refractivity (Wildman–Crippen MR) is 113 cm³/mol. The Hall–Kier alpha value is -3.64. The number of hydrogen-bond acceptors (Lipinski definition) is 5. The van der Waals surface area contributed by atoms with Gasteiger partial charge in [-0.3, -0.25) is 19.5 Å². The molecule has 0 spiro atoms. The van der Waals surface area contributed by atoms with Gasteiger partial charge in [-0.25, -0.2) is 0 Å². The van der Waals surface area contributed by atoms with E-state index >= 15 is 0 Å². The van der Waals surface area contributed by atoms with E-state index < -0.39 is 17.7 Å². The van der Waals surface area contributed by atoms with E-state index in [-0.39, 0.29) is 11.3 Å². The summed E-state index contributed by atoms with van der Waals surface area (Å²) in [6, 6.07) is 17.5. The summed E-state index contributed by atoms with van der Waals surface area (Å²) in [4.78, 5) is 31.8. The third-order valence-corrected chi connectivity index (χ3v) is 5.13. The molecule has 3 aromatic rings. The van der Waals surface area contributed by atoms with Gasteiger partial charge in [0, 0.05) is 16.8 Å². The van der Waals surface area contributed by atoms with Gasteiger partial charge in [-0.05, 0) is 48.5 Å². The van der Waals surface area contributed by atoms with E-state index in [2.05, 4.69) is 4.98 Å². The van der Waals surface area contributed by atoms with E-state index in [1.54, 1.807) is 72.9 Å². The third kappa shape index (κ3) is 3.31. The van der Waals surface area contributed by atoms with Gasteiger partial charge in [0.25, 0.3) is 11.7 Å². The molecule has 0 radical (unpaired) electrons. The number of anilines is 1. The molecular weight excluding hydrogens is 404 g/mol. The Morgan fingerprint density at radius 3 is 2.40 bits per heavy atom. The van der Waals surface area contributed by atoms with Crippen LogP contribution in [0.25, 0.3) is 5.76 Å². The average Bonchev–Trinajstić information content (AvgIpc) is 3.05. The molecule has 2 heterocycles. The second-order valence-electron chi connectivity index (χ2n) is 6.60. The highest BCUT2D eigenvalue weighted by molar-refractivity contribution is 6.51. The van der Waals surface area contributed by atoms with Gasteiger partial charge >= 0.3 is 0 Å². The van der Waals surface area contributed by atoms with Crippen molar-refractivity contribution in [2.24, 2.45) is 0 Å². The average molecular weight is 421 g/mol. The highest BCUT2D eigenvalue weighted by Crippen LogP contribution is 2.44. The first-order valence-electron chi connectivity index (χ1n) is 9.14. The van der Waals surface area contributed by atoms with E-state index in [0.717, 1.165) is 0 Å². The highest BCUT2D eigenvalue weighted by atomic mass is 35.5. The molecule has 7 heteroatoms. The van der Waals surface area contributed by atoms with Crippen molar-refractivity contribution in [3.05, 3.63) is 94.8 Å². The van der Waals surface area contributed by atoms with Crippen molar-refractivity contribution in [3.8, 4) is 5.75 Å². The zero-order valence-corrected chi connectivity index (χ0v) is 16.7. The lowest BCUT2D eigenvalue weighted by Crippen LogP contribution is -2.30. The summed E-state index contributed by atoms with van der Waals surface area (Å²) in [7, 11) is 1.49. The molecule has 1 saturated heterocycles. The van der Waals surface area contributed by atoms with Gasteiger partial charge < -0.3 is 9.84 Å². The fraction of sp³-hybridized carbons (Fsp3) is 0.0870. The van der Waals surface area contributed by atoms with Crippen LogP contribution in [-0.2, 0) is 9.59 Å². The van der Waals surface area contributed by atoms with Crippen LogP contribution in [-0.4, -0.2) is 28.9 Å². The number of Topliss-reactive ketones (excluding diaryl/α,β-unsaturated/α-hetero) is 1. The highest BCUT2D eigenvalue weighted by Gasteiger charge is 2.48. The van der Waals surface area contributed by atoms with Crippen LogP contribution in [0.2, 0.25) is 5.02 Å². The normalized spacial score (nSPS) is 17.9. The Labute approximate surface area is 178 Å². The van der Waals surface area contributed by atoms with Crippen molar-refractivity contribution in [2.75, 3.05) is 12.0 Å². The van der Waals surface area contributed by atoms with Gasteiger partial charge in [0.15, 0.2) is 0 Å². The second-order valence-corrected chi connectivity index (χ2v) is 7.04. The molecule has 1 fully saturated rings. The number of halogens is 1. The van der Waals surface area contributed by atoms with Crippen LogP contribution in [0.15, 0.2) is 78.5 Å². The zero-order chi connectivity index (χ0) is 21.3. The van der Waals surface area contributed by atoms with Crippen molar-refractivity contribution in [3.63, 3.8) is 0 Å². The molecule has 1 amide bonds. The van der Waals surface area contributed by atoms with Gasteiger partial charge in [-0.2, -0.15) is 0 Å². The van der Waals surface area contributed by atoms with Crippen molar-refractivity contribution < 1.29 is 19.4 Å². The molecule has 1 aliphatic rings. The quantitative estimate of drug-likeness (QED) is 0.385. The molecule has 0 aliphatic carbocycles. The number of pyridine rings is 1. The number of methoxy groups -OCH3 is 1. The number of benzene rings is 2. The second kappa shape index (κ2) is 8.00. The lowest BCUT2D eigenvalue weighted by atomic mass is 9.98. The number of nitrogens with zero attached hydrogens (tertiary/aromatic N) is 2. The summed E-state index contributed by atoms with van der Waals surface area (Å²) in [6.45, 7) is 0. The van der Waals surface area contributed by atoms with Crippen molar-refractivity contribution in [1.82, 2.24) is 4.98 Å². The van der Waals surface area contributed by atoms with Crippen LogP contribution < -0.4 is 9.64 Å². The number of aliphatic hydroxyl groups is 1. The number of ether oxygens (including phenoxy) is 1. The lowest BCUT2D eigenvalue weighted by molar-refractivity contribution is -0.132. The number of carbonyl (C=O) groups is 2. The molecule has 1 aliphatic heterocycles. The van der Waals surface area contributed by atoms with Gasteiger partial charge in [-0.15, -0.1) is 0 Å². The topological polar surface area (TPSA) is 79.7 Å². The van der Waals surface area contributed by atoms with Crippen LogP contribution in [0.3, 0.4) is 0 Å². The van der Waals surface area contributed by atoms with Gasteiger partial charge in [0.2, 0.25) is 0 Å². The number of amides is 1. The molecule has 6 nitrogen and oxygen atoms in total. The smallest absolute Gasteiger partial charge is 0.300 e. The Morgan fingerprint density at radius 2 is 1.73 bits per heavy atom. The van der Waals surface area contributed by atoms with Crippen LogP contribution in [0.1, 0.15) is 17.3 Å². The minimum atomic E-state index is -0.918. The maximum Gasteiger partial charge on any atom is 0.300 e. The molecule has 4 rings (SSSR count). The molecule has 0 saturated carbocycles. The predicted octanol–water partition coefficient (Wildman–Crippen LogP) is 4.37. The number of aliphatic hydroxyl groups excluding tert-OH is 1. The molecule has 30 heavy (non-hydrogen) atoms. The summed E-state index contributed by atoms with van der Waals surface area (Å²) in [5, 5.41) is 11.5. The first-order chi connectivity index (χ1) is 14.5. The van der Waals surface area contributed by atoms with E-state index in [1.807, 2.05) is 0 Å². The lowest BCUT2D eigenvalue weighted by Gasteiger charge is -2.25. The van der Waals surface area contributed by atoms with Gasteiger partial charge in [-0.1, -0.05) is 29.8 Å². The van der Waals surface area contributed by atoms with E-state index in [4.69, 9.17) is 16.3 Å². The number of para-hydroxylation sites is 2. The van der Waals surface area contributed by atoms with Gasteiger partial charge in [0.05, 0.1) is 24.1 Å². The first kappa shape index (κ1) is 19.7. The minimum Gasteiger partial charge on any atom is -0.507 e. The van der Waals surface area contributed by atoms with Crippen molar-refractivity contribution >= 4 is 34.7 Å². The summed E-state index contributed by atoms with van der Waals surface area (Å²) in [6.07, 6.45) is 1.57. The van der Waals surface area contributed by atoms with Crippen LogP contribution in [0.5, 0.6) is 5.75 Å². The SMILES string of the molecule is COc1ccccc1N1C(=O)C(=O)/C(=C(\O)c2ccc(Cl)cc2)C1c1ccccn1. The Kier molecular flexibility index (Phi) is 5.25. The van der Waals surface area contributed by atoms with Gasteiger partial charge in [0.1, 0.15) is 17.6 Å². The van der Waals surface area contributed by atoms with E-state index in [0.29, 0.717) is 27.7 Å². The summed E-state index contributed by atoms with van der Waals surface area (Å²) in [5.41, 5.74) is 1.18. The molecule has 2 aromatic carbocycles. The minimum absolute atomic E-state index is 0.0491. The number of rotatable bonds is 4. The summed E-state index contributed by atoms with van der Waals surface area (Å²) in [5.74, 6) is -1.44. The Balaban J connectivity index is 1.96. The zero-order valence-electron chi connectivity index (χ0n) is 15.9. The number of ketones is 1. The fourth-order valence-corrected chi connectivity index (χ4v) is 3.62. The number of carbonyl (C=O) groups excluding carboxylic acids is 2. The van der Waals surface area contributed by atoms with E-state index in [1.165, 1.54) is 12.0 Å². The first-order valence-corrected chi connectivity index (χ1v) is 9.51. The molecule has 1 atom stereocenters. The monoisotopic (exact) mass is 420 g/mol. The number of hydrogen-bond donors (Lipinski definition) is 1. The Bertz CT molecular complexity index is 1140. The molecule has 1 N–H and O–H groups in total. The molecule has 1 unspecified atom stereocenters. The third-order valence-electron chi connectivity index (χ3n) is 4.87. The van der Waals surface area contributed by atoms with E-state index in [9.17, 15) is 14.7 Å². The number of aromatic nitrogens is 1. The fourth-order valence-electron chi connectivity index (χ4n) is 3.49. The maximum atomic E-state index is 13.1. The maximum absolute atomic E-state index is 13.1. The standard InChI is InChI=1S/C23H17ClN2O4/c1-30-18-8-3-2-7-17(18)26-20(16-6-4-5-13-25-16)19(22(28)23(26)29)21(27)14-9-11-15(24)12-10-14/h2-13,20,27H,1H3/b21-19-. The van der Waals surface area contributed by atoms with Crippen LogP contribution in [0, 0.1) is 0 Å². The van der Waals surface area contributed by atoms with Crippen LogP contribution >= 0.6 is 11.6 Å². The largest absolute Gasteiger partial charge is 0.507 e. The summed E-state index contributed by atoms with van der Waals surface area (Å²) < 4.78 is 5.40. The Morgan fingerprint density at radius 1 is 1.03 bits per heavy atom. The molecule has 0 bridgehead atoms. The van der Waals surface area contributed by atoms with Crippen molar-refractivity contribution in [1.29, 1.82) is 0 Å². The van der Waals surface area contributed by atoms with Crippen molar-refractivity contribution in [2.45, 2.75) is 6.04 Å². The molecule has 1 aromatic heterocycles.